The van der Waals surface area contributed by atoms with Crippen LogP contribution in [-0.4, -0.2) is 58.6 Å². The molecule has 0 radical (unpaired) electrons. The largest absolute Gasteiger partial charge is 0.497 e. The highest BCUT2D eigenvalue weighted by Gasteiger charge is 2.22. The van der Waals surface area contributed by atoms with Crippen molar-refractivity contribution in [2.45, 2.75) is 18.4 Å². The van der Waals surface area contributed by atoms with Crippen molar-refractivity contribution in [1.29, 1.82) is 0 Å². The van der Waals surface area contributed by atoms with Gasteiger partial charge in [-0.05, 0) is 43.3 Å². The third-order valence-electron chi connectivity index (χ3n) is 4.74. The van der Waals surface area contributed by atoms with Crippen LogP contribution in [0.25, 0.3) is 10.2 Å². The number of fused-ring (bicyclic) bond motifs is 1. The molecule has 0 bridgehead atoms. The molecule has 1 aromatic heterocycles. The first-order chi connectivity index (χ1) is 16.2. The van der Waals surface area contributed by atoms with E-state index >= 15 is 0 Å². The molecule has 3 rings (SSSR count). The summed E-state index contributed by atoms with van der Waals surface area (Å²) in [4.78, 5) is 29.1. The van der Waals surface area contributed by atoms with Crippen LogP contribution >= 0.6 is 11.3 Å². The summed E-state index contributed by atoms with van der Waals surface area (Å²) in [6.45, 7) is 1.60. The number of esters is 1. The number of hydrogen-bond donors (Lipinski definition) is 0. The molecule has 0 atom stereocenters. The minimum absolute atomic E-state index is 0.0315. The zero-order chi connectivity index (χ0) is 24.9. The van der Waals surface area contributed by atoms with Crippen LogP contribution in [0.2, 0.25) is 0 Å². The average molecular weight is 509 g/mol. The van der Waals surface area contributed by atoms with Crippen LogP contribution in [0.15, 0.2) is 46.3 Å². The Bertz CT molecular complexity index is 1370. The normalized spacial score (nSPS) is 11.9. The van der Waals surface area contributed by atoms with E-state index in [4.69, 9.17) is 18.9 Å². The quantitative estimate of drug-likeness (QED) is 0.403. The van der Waals surface area contributed by atoms with Gasteiger partial charge in [-0.15, -0.1) is 0 Å². The van der Waals surface area contributed by atoms with Crippen LogP contribution in [0, 0.1) is 0 Å². The molecule has 2 aromatic carbocycles. The molecule has 0 unspecified atom stereocenters. The molecule has 10 nitrogen and oxygen atoms in total. The Morgan fingerprint density at radius 2 is 1.62 bits per heavy atom. The Kier molecular flexibility index (Phi) is 7.94. The third kappa shape index (κ3) is 5.39. The molecule has 3 aromatic rings. The van der Waals surface area contributed by atoms with Gasteiger partial charge in [-0.3, -0.25) is 9.59 Å². The lowest BCUT2D eigenvalue weighted by Gasteiger charge is -2.10. The minimum Gasteiger partial charge on any atom is -0.497 e. The van der Waals surface area contributed by atoms with Gasteiger partial charge in [0.2, 0.25) is 0 Å². The van der Waals surface area contributed by atoms with Gasteiger partial charge in [0.15, 0.2) is 14.6 Å². The Morgan fingerprint density at radius 1 is 0.971 bits per heavy atom. The van der Waals surface area contributed by atoms with Crippen molar-refractivity contribution in [1.82, 2.24) is 4.57 Å². The molecule has 182 valence electrons. The Balaban J connectivity index is 2.08. The van der Waals surface area contributed by atoms with Crippen LogP contribution in [0.1, 0.15) is 6.92 Å². The van der Waals surface area contributed by atoms with Gasteiger partial charge in [-0.2, -0.15) is 4.99 Å². The Morgan fingerprint density at radius 3 is 2.21 bits per heavy atom. The number of amides is 1. The van der Waals surface area contributed by atoms with E-state index in [0.29, 0.717) is 27.5 Å². The molecular weight excluding hydrogens is 484 g/mol. The molecule has 1 heterocycles. The molecule has 0 saturated carbocycles. The average Bonchev–Trinajstić information content (AvgIpc) is 3.15. The summed E-state index contributed by atoms with van der Waals surface area (Å²) >= 11 is 1.07. The van der Waals surface area contributed by atoms with Gasteiger partial charge in [0.25, 0.3) is 5.91 Å². The van der Waals surface area contributed by atoms with Crippen molar-refractivity contribution in [3.05, 3.63) is 41.2 Å². The summed E-state index contributed by atoms with van der Waals surface area (Å²) in [5.41, 5.74) is 0.476. The van der Waals surface area contributed by atoms with Crippen molar-refractivity contribution in [2.75, 3.05) is 33.7 Å². The predicted octanol–water partition coefficient (Wildman–Crippen LogP) is 2.19. The molecular formula is C22H24N2O8S2. The SMILES string of the molecule is CCOC(=O)Cn1c(=NC(=O)CS(=O)(=O)c2ccc(OC)cc2)sc2c(OC)ccc(OC)c21. The van der Waals surface area contributed by atoms with Gasteiger partial charge in [0.05, 0.1) is 32.8 Å². The second-order valence-electron chi connectivity index (χ2n) is 6.86. The fourth-order valence-corrected chi connectivity index (χ4v) is 5.45. The summed E-state index contributed by atoms with van der Waals surface area (Å²) in [5.74, 6) is -0.886. The first kappa shape index (κ1) is 25.2. The number of benzene rings is 2. The van der Waals surface area contributed by atoms with Gasteiger partial charge in [0, 0.05) is 0 Å². The maximum Gasteiger partial charge on any atom is 0.326 e. The Hall–Kier alpha value is -3.38. The molecule has 12 heteroatoms. The topological polar surface area (TPSA) is 122 Å². The van der Waals surface area contributed by atoms with E-state index in [1.54, 1.807) is 19.1 Å². The van der Waals surface area contributed by atoms with Crippen molar-refractivity contribution in [3.63, 3.8) is 0 Å². The van der Waals surface area contributed by atoms with Crippen LogP contribution in [0.4, 0.5) is 0 Å². The van der Waals surface area contributed by atoms with E-state index in [1.807, 2.05) is 0 Å². The number of methoxy groups -OCH3 is 3. The highest BCUT2D eigenvalue weighted by molar-refractivity contribution is 7.92. The number of nitrogens with zero attached hydrogens (tertiary/aromatic N) is 2. The lowest BCUT2D eigenvalue weighted by Crippen LogP contribution is -2.24. The highest BCUT2D eigenvalue weighted by Crippen LogP contribution is 2.35. The molecule has 34 heavy (non-hydrogen) atoms. The van der Waals surface area contributed by atoms with E-state index in [-0.39, 0.29) is 22.8 Å². The predicted molar refractivity (Wildman–Crippen MR) is 125 cm³/mol. The maximum absolute atomic E-state index is 12.7. The second kappa shape index (κ2) is 10.7. The first-order valence-electron chi connectivity index (χ1n) is 10.1. The summed E-state index contributed by atoms with van der Waals surface area (Å²) in [7, 11) is 0.471. The number of hydrogen-bond acceptors (Lipinski definition) is 9. The standard InChI is InChI=1S/C22H24N2O8S2/c1-5-32-19(26)12-24-20-16(30-3)10-11-17(31-4)21(20)33-22(24)23-18(25)13-34(27,28)15-8-6-14(29-2)7-9-15/h6-11H,5,12-13H2,1-4H3. The van der Waals surface area contributed by atoms with Gasteiger partial charge < -0.3 is 23.5 Å². The number of sulfone groups is 1. The third-order valence-corrected chi connectivity index (χ3v) is 7.45. The second-order valence-corrected chi connectivity index (χ2v) is 9.83. The summed E-state index contributed by atoms with van der Waals surface area (Å²) in [6, 6.07) is 9.05. The number of ether oxygens (including phenoxy) is 4. The summed E-state index contributed by atoms with van der Waals surface area (Å²) < 4.78 is 48.4. The van der Waals surface area contributed by atoms with E-state index in [0.717, 1.165) is 11.3 Å². The maximum atomic E-state index is 12.7. The fourth-order valence-electron chi connectivity index (χ4n) is 3.19. The number of thiazole rings is 1. The van der Waals surface area contributed by atoms with Gasteiger partial charge in [-0.1, -0.05) is 11.3 Å². The lowest BCUT2D eigenvalue weighted by molar-refractivity contribution is -0.143. The molecule has 0 fully saturated rings. The van der Waals surface area contributed by atoms with Crippen molar-refractivity contribution < 1.29 is 37.0 Å². The lowest BCUT2D eigenvalue weighted by atomic mass is 10.3. The number of rotatable bonds is 9. The molecule has 0 aliphatic heterocycles. The number of carbonyl (C=O) groups excluding carboxylic acids is 2. The first-order valence-corrected chi connectivity index (χ1v) is 12.5. The van der Waals surface area contributed by atoms with Gasteiger partial charge in [0.1, 0.15) is 39.8 Å². The zero-order valence-corrected chi connectivity index (χ0v) is 20.7. The van der Waals surface area contributed by atoms with Crippen molar-refractivity contribution >= 4 is 43.3 Å². The molecule has 0 aliphatic rings. The fraction of sp³-hybridized carbons (Fsp3) is 0.318. The number of carbonyl (C=O) groups is 2. The Labute approximate surface area is 200 Å². The van der Waals surface area contributed by atoms with Crippen LogP contribution in [-0.2, 0) is 30.7 Å². The molecule has 0 aliphatic carbocycles. The van der Waals surface area contributed by atoms with Crippen LogP contribution in [0.3, 0.4) is 0 Å². The van der Waals surface area contributed by atoms with E-state index in [2.05, 4.69) is 4.99 Å². The zero-order valence-electron chi connectivity index (χ0n) is 19.1. The summed E-state index contributed by atoms with van der Waals surface area (Å²) in [6.07, 6.45) is 0. The van der Waals surface area contributed by atoms with Gasteiger partial charge in [-0.25, -0.2) is 8.42 Å². The van der Waals surface area contributed by atoms with E-state index in [9.17, 15) is 18.0 Å². The molecule has 0 spiro atoms. The van der Waals surface area contributed by atoms with Crippen molar-refractivity contribution in [3.8, 4) is 17.2 Å². The highest BCUT2D eigenvalue weighted by atomic mass is 32.2. The van der Waals surface area contributed by atoms with Crippen LogP contribution in [0.5, 0.6) is 17.2 Å². The molecule has 0 saturated heterocycles. The van der Waals surface area contributed by atoms with E-state index in [1.165, 1.54) is 50.2 Å². The van der Waals surface area contributed by atoms with E-state index < -0.39 is 27.5 Å². The minimum atomic E-state index is -3.95. The summed E-state index contributed by atoms with van der Waals surface area (Å²) in [5, 5.41) is 0. The molecule has 0 N–H and O–H groups in total. The van der Waals surface area contributed by atoms with Crippen LogP contribution < -0.4 is 19.0 Å². The monoisotopic (exact) mass is 508 g/mol. The van der Waals surface area contributed by atoms with Crippen molar-refractivity contribution in [2.24, 2.45) is 4.99 Å². The van der Waals surface area contributed by atoms with Gasteiger partial charge >= 0.3 is 5.97 Å². The smallest absolute Gasteiger partial charge is 0.326 e. The molecule has 1 amide bonds. The number of aromatic nitrogens is 1.